The van der Waals surface area contributed by atoms with E-state index in [4.69, 9.17) is 38.7 Å². The van der Waals surface area contributed by atoms with Gasteiger partial charge in [0.05, 0.1) is 41.9 Å². The van der Waals surface area contributed by atoms with E-state index >= 15 is 0 Å². The molecule has 0 aliphatic rings. The molecule has 0 bridgehead atoms. The maximum absolute atomic E-state index is 14.0. The molecule has 13 nitrogen and oxygen atoms in total. The number of phosphoric ester groups is 2. The molecule has 236 valence electrons. The summed E-state index contributed by atoms with van der Waals surface area (Å²) in [5, 5.41) is 2.93. The highest BCUT2D eigenvalue weighted by molar-refractivity contribution is 7.49. The molecule has 0 aromatic carbocycles. The number of fused-ring (bicyclic) bond motifs is 1. The minimum Gasteiger partial charge on any atom is -0.371 e. The van der Waals surface area contributed by atoms with Crippen LogP contribution in [-0.2, 0) is 42.8 Å². The van der Waals surface area contributed by atoms with Crippen LogP contribution in [0.5, 0.6) is 0 Å². The van der Waals surface area contributed by atoms with Gasteiger partial charge in [0.25, 0.3) is 0 Å². The third kappa shape index (κ3) is 12.6. The van der Waals surface area contributed by atoms with Crippen LogP contribution >= 0.6 is 27.2 Å². The summed E-state index contributed by atoms with van der Waals surface area (Å²) in [6.45, 7) is 20.3. The first-order valence-electron chi connectivity index (χ1n) is 13.2. The van der Waals surface area contributed by atoms with Gasteiger partial charge in [0.15, 0.2) is 17.0 Å². The van der Waals surface area contributed by atoms with E-state index in [0.29, 0.717) is 17.0 Å². The largest absolute Gasteiger partial charge is 0.476 e. The number of hydrogen-bond donors (Lipinski definition) is 1. The Morgan fingerprint density at radius 2 is 1.29 bits per heavy atom. The van der Waals surface area contributed by atoms with Crippen LogP contribution in [0.1, 0.15) is 83.1 Å². The molecule has 0 saturated heterocycles. The van der Waals surface area contributed by atoms with Crippen LogP contribution in [0, 0.1) is 0 Å². The first-order valence-corrected chi connectivity index (χ1v) is 16.5. The zero-order valence-corrected chi connectivity index (χ0v) is 28.9. The standard InChI is InChI=1S/C25H46ClN5O8P2/c1-22(2,3)36-40(32,37-23(4,5)6)34-15-17(35-41(33,38-24(7,8)9)39-25(10,11)12)14-31-16-28-18-19(27-13)29-21(26)30-20(18)31/h16-17H,14-15H2,1-13H3,(H,27,29,30)/t17-/m0/s1. The average molecular weight is 642 g/mol. The number of halogens is 1. The summed E-state index contributed by atoms with van der Waals surface area (Å²) < 4.78 is 64.5. The fourth-order valence-corrected chi connectivity index (χ4v) is 7.35. The van der Waals surface area contributed by atoms with Crippen LogP contribution < -0.4 is 5.32 Å². The van der Waals surface area contributed by atoms with E-state index in [9.17, 15) is 9.13 Å². The van der Waals surface area contributed by atoms with Gasteiger partial charge in [0, 0.05) is 7.05 Å². The van der Waals surface area contributed by atoms with E-state index in [1.54, 1.807) is 94.7 Å². The molecule has 0 saturated carbocycles. The van der Waals surface area contributed by atoms with Crippen molar-refractivity contribution in [2.24, 2.45) is 0 Å². The first kappa shape index (κ1) is 36.1. The SMILES string of the molecule is CNc1nc(Cl)nc2c1ncn2C[C@@H](COP(=O)(OC(C)(C)C)OC(C)(C)C)OP(=O)(OC(C)(C)C)OC(C)(C)C. The van der Waals surface area contributed by atoms with Crippen molar-refractivity contribution >= 4 is 44.2 Å². The molecule has 16 heteroatoms. The molecular formula is C25H46ClN5O8P2. The van der Waals surface area contributed by atoms with Gasteiger partial charge in [-0.25, -0.2) is 14.1 Å². The molecule has 1 N–H and O–H groups in total. The van der Waals surface area contributed by atoms with Gasteiger partial charge in [-0.15, -0.1) is 0 Å². The number of anilines is 1. The number of phosphoric acid groups is 2. The van der Waals surface area contributed by atoms with Gasteiger partial charge < -0.3 is 9.88 Å². The molecule has 2 aromatic heterocycles. The summed E-state index contributed by atoms with van der Waals surface area (Å²) in [4.78, 5) is 12.8. The first-order chi connectivity index (χ1) is 18.3. The third-order valence-corrected chi connectivity index (χ3v) is 8.59. The third-order valence-electron chi connectivity index (χ3n) is 4.31. The molecule has 0 radical (unpaired) electrons. The van der Waals surface area contributed by atoms with Crippen molar-refractivity contribution in [1.82, 2.24) is 19.5 Å². The second kappa shape index (κ2) is 12.8. The molecule has 0 unspecified atom stereocenters. The van der Waals surface area contributed by atoms with E-state index in [2.05, 4.69) is 20.3 Å². The topological polar surface area (TPSA) is 145 Å². The molecule has 0 aliphatic heterocycles. The average Bonchev–Trinajstić information content (AvgIpc) is 3.08. The second-order valence-corrected chi connectivity index (χ2v) is 16.7. The Morgan fingerprint density at radius 1 is 0.829 bits per heavy atom. The molecule has 2 aromatic rings. The summed E-state index contributed by atoms with van der Waals surface area (Å²) in [6.07, 6.45) is 0.430. The Labute approximate surface area is 248 Å². The molecule has 0 spiro atoms. The Kier molecular flexibility index (Phi) is 11.3. The van der Waals surface area contributed by atoms with Crippen molar-refractivity contribution in [3.05, 3.63) is 11.6 Å². The van der Waals surface area contributed by atoms with Gasteiger partial charge in [0.2, 0.25) is 5.28 Å². The fourth-order valence-electron chi connectivity index (χ4n) is 3.39. The van der Waals surface area contributed by atoms with Gasteiger partial charge in [-0.3, -0.25) is 27.1 Å². The molecule has 41 heavy (non-hydrogen) atoms. The quantitative estimate of drug-likeness (QED) is 0.182. The van der Waals surface area contributed by atoms with E-state index in [1.165, 1.54) is 6.33 Å². The van der Waals surface area contributed by atoms with Gasteiger partial charge in [0.1, 0.15) is 6.10 Å². The maximum Gasteiger partial charge on any atom is 0.476 e. The Morgan fingerprint density at radius 3 is 1.73 bits per heavy atom. The van der Waals surface area contributed by atoms with E-state index in [-0.39, 0.29) is 18.4 Å². The molecular weight excluding hydrogens is 596 g/mol. The number of hydrogen-bond acceptors (Lipinski definition) is 12. The van der Waals surface area contributed by atoms with Crippen LogP contribution in [0.3, 0.4) is 0 Å². The maximum atomic E-state index is 14.0. The predicted octanol–water partition coefficient (Wildman–Crippen LogP) is 7.40. The Bertz CT molecular complexity index is 1240. The predicted molar refractivity (Wildman–Crippen MR) is 159 cm³/mol. The van der Waals surface area contributed by atoms with Crippen LogP contribution in [0.2, 0.25) is 5.28 Å². The normalized spacial score (nSPS) is 15.0. The van der Waals surface area contributed by atoms with Crippen LogP contribution in [0.4, 0.5) is 5.82 Å². The molecule has 0 amide bonds. The summed E-state index contributed by atoms with van der Waals surface area (Å²) in [5.74, 6) is 0.423. The smallest absolute Gasteiger partial charge is 0.371 e. The number of nitrogens with one attached hydrogen (secondary N) is 1. The fraction of sp³-hybridized carbons (Fsp3) is 0.800. The van der Waals surface area contributed by atoms with E-state index in [0.717, 1.165) is 0 Å². The van der Waals surface area contributed by atoms with Crippen molar-refractivity contribution in [3.8, 4) is 0 Å². The lowest BCUT2D eigenvalue weighted by Crippen LogP contribution is -2.31. The van der Waals surface area contributed by atoms with Crippen molar-refractivity contribution in [2.45, 2.75) is 118 Å². The number of rotatable bonds is 12. The van der Waals surface area contributed by atoms with Crippen molar-refractivity contribution in [2.75, 3.05) is 19.0 Å². The highest BCUT2D eigenvalue weighted by atomic mass is 35.5. The Balaban J connectivity index is 2.55. The lowest BCUT2D eigenvalue weighted by Gasteiger charge is -2.34. The van der Waals surface area contributed by atoms with Crippen molar-refractivity contribution in [1.29, 1.82) is 0 Å². The van der Waals surface area contributed by atoms with Gasteiger partial charge in [-0.2, -0.15) is 9.97 Å². The summed E-state index contributed by atoms with van der Waals surface area (Å²) in [7, 11) is -6.71. The number of aromatic nitrogens is 4. The lowest BCUT2D eigenvalue weighted by molar-refractivity contribution is -0.0365. The van der Waals surface area contributed by atoms with Crippen LogP contribution in [0.25, 0.3) is 11.2 Å². The van der Waals surface area contributed by atoms with Gasteiger partial charge in [-0.1, -0.05) is 0 Å². The van der Waals surface area contributed by atoms with Gasteiger partial charge >= 0.3 is 15.6 Å². The van der Waals surface area contributed by atoms with Crippen LogP contribution in [-0.4, -0.2) is 61.7 Å². The molecule has 0 fully saturated rings. The zero-order chi connectivity index (χ0) is 31.7. The highest BCUT2D eigenvalue weighted by Gasteiger charge is 2.42. The highest BCUT2D eigenvalue weighted by Crippen LogP contribution is 2.58. The summed E-state index contributed by atoms with van der Waals surface area (Å²) in [5.41, 5.74) is -2.68. The molecule has 0 aliphatic carbocycles. The lowest BCUT2D eigenvalue weighted by atomic mass is 10.2. The molecule has 1 atom stereocenters. The zero-order valence-electron chi connectivity index (χ0n) is 26.4. The number of imidazole rings is 1. The molecule has 2 rings (SSSR count). The summed E-state index contributed by atoms with van der Waals surface area (Å²) in [6, 6.07) is 0. The Hall–Kier alpha value is -1.14. The second-order valence-electron chi connectivity index (χ2n) is 13.4. The minimum atomic E-state index is -4.24. The van der Waals surface area contributed by atoms with E-state index < -0.39 is 44.2 Å². The minimum absolute atomic E-state index is 0.00298. The molecule has 2 heterocycles. The van der Waals surface area contributed by atoms with Crippen molar-refractivity contribution in [3.63, 3.8) is 0 Å². The van der Waals surface area contributed by atoms with Crippen molar-refractivity contribution < 1.29 is 36.3 Å². The monoisotopic (exact) mass is 641 g/mol. The summed E-state index contributed by atoms with van der Waals surface area (Å²) >= 11 is 6.15. The number of nitrogens with zero attached hydrogens (tertiary/aromatic N) is 4. The van der Waals surface area contributed by atoms with Crippen LogP contribution in [0.15, 0.2) is 6.33 Å². The van der Waals surface area contributed by atoms with E-state index in [1.807, 2.05) is 0 Å². The van der Waals surface area contributed by atoms with Gasteiger partial charge in [-0.05, 0) is 94.7 Å².